The molecule has 200 valence electrons. The van der Waals surface area contributed by atoms with E-state index in [2.05, 4.69) is 43.8 Å². The molecule has 9 nitrogen and oxygen atoms in total. The average molecular weight is 535 g/mol. The third-order valence-corrected chi connectivity index (χ3v) is 9.99. The predicted molar refractivity (Wildman–Crippen MR) is 148 cm³/mol. The van der Waals surface area contributed by atoms with Crippen LogP contribution in [0.2, 0.25) is 0 Å². The fourth-order valence-corrected chi connectivity index (χ4v) is 7.34. The number of ether oxygens (including phenoxy) is 1. The van der Waals surface area contributed by atoms with Crippen LogP contribution in [0.25, 0.3) is 0 Å². The molecule has 5 heterocycles. The molecule has 1 saturated carbocycles. The molecule has 7 rings (SSSR count). The van der Waals surface area contributed by atoms with Gasteiger partial charge in [0.05, 0.1) is 11.3 Å². The summed E-state index contributed by atoms with van der Waals surface area (Å²) in [5.41, 5.74) is 4.62. The molecule has 4 fully saturated rings. The number of nitrogens with zero attached hydrogens (tertiary/aromatic N) is 5. The Morgan fingerprint density at radius 2 is 1.89 bits per heavy atom. The first kappa shape index (κ1) is 24.1. The van der Waals surface area contributed by atoms with Gasteiger partial charge in [0.15, 0.2) is 0 Å². The molecule has 1 atom stereocenters. The molecule has 1 amide bonds. The molecule has 4 aliphatic heterocycles. The van der Waals surface area contributed by atoms with Gasteiger partial charge in [-0.15, -0.1) is 0 Å². The monoisotopic (exact) mass is 534 g/mol. The summed E-state index contributed by atoms with van der Waals surface area (Å²) in [6, 6.07) is 5.08. The van der Waals surface area contributed by atoms with E-state index in [1.807, 2.05) is 4.90 Å². The van der Waals surface area contributed by atoms with E-state index in [0.29, 0.717) is 36.0 Å². The molecule has 0 bridgehead atoms. The number of benzene rings is 1. The molecule has 1 aliphatic carbocycles. The highest BCUT2D eigenvalue weighted by molar-refractivity contribution is 7.85. The van der Waals surface area contributed by atoms with Gasteiger partial charge in [-0.3, -0.25) is 13.9 Å². The smallest absolute Gasteiger partial charge is 0.246 e. The molecule has 1 aromatic heterocycles. The van der Waals surface area contributed by atoms with E-state index >= 15 is 0 Å². The molecular weight excluding hydrogens is 500 g/mol. The zero-order valence-electron chi connectivity index (χ0n) is 21.6. The number of nitrogens with one attached hydrogen (secondary N) is 1. The van der Waals surface area contributed by atoms with E-state index in [0.717, 1.165) is 74.3 Å². The quantitative estimate of drug-likeness (QED) is 0.586. The van der Waals surface area contributed by atoms with Crippen LogP contribution in [0.3, 0.4) is 0 Å². The number of rotatable bonds is 5. The topological polar surface area (TPSA) is 90.9 Å². The third kappa shape index (κ3) is 4.37. The van der Waals surface area contributed by atoms with Crippen LogP contribution in [0, 0.1) is 0 Å². The average Bonchev–Trinajstić information content (AvgIpc) is 3.67. The zero-order valence-corrected chi connectivity index (χ0v) is 22.4. The summed E-state index contributed by atoms with van der Waals surface area (Å²) in [7, 11) is -0.741. The molecule has 1 N–H and O–H groups in total. The van der Waals surface area contributed by atoms with Gasteiger partial charge in [0.2, 0.25) is 5.91 Å². The fraction of sp³-hybridized carbons (Fsp3) is 0.536. The van der Waals surface area contributed by atoms with Gasteiger partial charge in [-0.05, 0) is 48.4 Å². The molecular formula is C28H34N6O3S. The van der Waals surface area contributed by atoms with E-state index in [1.54, 1.807) is 6.33 Å². The van der Waals surface area contributed by atoms with Crippen molar-refractivity contribution in [3.63, 3.8) is 0 Å². The normalized spacial score (nSPS) is 24.1. The second-order valence-electron chi connectivity index (χ2n) is 11.1. The molecule has 5 aliphatic rings. The Balaban J connectivity index is 1.12. The van der Waals surface area contributed by atoms with Crippen LogP contribution in [0.15, 0.2) is 31.1 Å². The lowest BCUT2D eigenvalue weighted by Crippen LogP contribution is -2.51. The third-order valence-electron chi connectivity index (χ3n) is 8.72. The standard InChI is InChI=1S/C28H34N6O3S/c1-2-25(35)33-6-5-21(15-33)34-13-20(14-34)19-11-22(18-3-4-18)26-24(12-19)31-27-23(16-37-26)28(30-17-29-27)32-7-9-38(36)10-8-32/h2,11-12,17-18,20-21H,1,3-10,13-16H2,(H,29,30,31). The highest BCUT2D eigenvalue weighted by Gasteiger charge is 2.39. The van der Waals surface area contributed by atoms with Crippen molar-refractivity contribution in [2.45, 2.75) is 43.7 Å². The maximum absolute atomic E-state index is 12.0. The zero-order chi connectivity index (χ0) is 25.8. The maximum atomic E-state index is 12.0. The molecule has 3 saturated heterocycles. The number of fused-ring (bicyclic) bond motifs is 2. The summed E-state index contributed by atoms with van der Waals surface area (Å²) in [4.78, 5) is 27.9. The van der Waals surface area contributed by atoms with E-state index in [1.165, 1.54) is 30.0 Å². The summed E-state index contributed by atoms with van der Waals surface area (Å²) in [6.45, 7) is 9.18. The number of hydrogen-bond donors (Lipinski definition) is 1. The lowest BCUT2D eigenvalue weighted by molar-refractivity contribution is -0.125. The van der Waals surface area contributed by atoms with Gasteiger partial charge in [-0.2, -0.15) is 0 Å². The Morgan fingerprint density at radius 1 is 1.08 bits per heavy atom. The molecule has 2 aromatic rings. The number of anilines is 3. The number of amides is 1. The Bertz CT molecular complexity index is 1300. The van der Waals surface area contributed by atoms with Gasteiger partial charge >= 0.3 is 0 Å². The molecule has 0 radical (unpaired) electrons. The van der Waals surface area contributed by atoms with Gasteiger partial charge < -0.3 is 19.9 Å². The molecule has 1 aromatic carbocycles. The first-order valence-electron chi connectivity index (χ1n) is 13.7. The fourth-order valence-electron chi connectivity index (χ4n) is 6.29. The molecule has 10 heteroatoms. The Morgan fingerprint density at radius 3 is 2.66 bits per heavy atom. The number of carbonyl (C=O) groups excluding carboxylic acids is 1. The Labute approximate surface area is 225 Å². The van der Waals surface area contributed by atoms with Crippen LogP contribution >= 0.6 is 0 Å². The first-order chi connectivity index (χ1) is 18.6. The summed E-state index contributed by atoms with van der Waals surface area (Å²) in [5.74, 6) is 5.04. The van der Waals surface area contributed by atoms with E-state index in [-0.39, 0.29) is 5.91 Å². The minimum atomic E-state index is -0.741. The van der Waals surface area contributed by atoms with Crippen molar-refractivity contribution >= 4 is 34.0 Å². The number of carbonyl (C=O) groups is 1. The van der Waals surface area contributed by atoms with Gasteiger partial charge in [-0.25, -0.2) is 9.97 Å². The summed E-state index contributed by atoms with van der Waals surface area (Å²) < 4.78 is 18.4. The van der Waals surface area contributed by atoms with Crippen LogP contribution in [-0.4, -0.2) is 86.7 Å². The van der Waals surface area contributed by atoms with Crippen molar-refractivity contribution in [3.8, 4) is 5.75 Å². The predicted octanol–water partition coefficient (Wildman–Crippen LogP) is 2.74. The van der Waals surface area contributed by atoms with Crippen molar-refractivity contribution < 1.29 is 13.7 Å². The van der Waals surface area contributed by atoms with E-state index < -0.39 is 10.8 Å². The van der Waals surface area contributed by atoms with Crippen LogP contribution in [0.4, 0.5) is 17.3 Å². The Hall–Kier alpha value is -2.98. The number of aromatic nitrogens is 2. The van der Waals surface area contributed by atoms with Crippen LogP contribution in [0.5, 0.6) is 5.75 Å². The van der Waals surface area contributed by atoms with Crippen LogP contribution < -0.4 is 15.0 Å². The van der Waals surface area contributed by atoms with E-state index in [9.17, 15) is 9.00 Å². The SMILES string of the molecule is C=CC(=O)N1CCC(N2CC(c3cc4c(c(C5CC5)c3)OCc3c(ncnc3N3CCS(=O)CC3)N4)C2)C1. The highest BCUT2D eigenvalue weighted by Crippen LogP contribution is 2.50. The maximum Gasteiger partial charge on any atom is 0.246 e. The van der Waals surface area contributed by atoms with Gasteiger partial charge in [0.25, 0.3) is 0 Å². The largest absolute Gasteiger partial charge is 0.486 e. The van der Waals surface area contributed by atoms with Crippen LogP contribution in [-0.2, 0) is 22.2 Å². The van der Waals surface area contributed by atoms with Crippen molar-refractivity contribution in [1.82, 2.24) is 19.8 Å². The lowest BCUT2D eigenvalue weighted by atomic mass is 9.87. The van der Waals surface area contributed by atoms with Crippen molar-refractivity contribution in [2.24, 2.45) is 0 Å². The molecule has 1 unspecified atom stereocenters. The van der Waals surface area contributed by atoms with Crippen LogP contribution in [0.1, 0.15) is 47.8 Å². The Kier molecular flexibility index (Phi) is 6.11. The summed E-state index contributed by atoms with van der Waals surface area (Å²) >= 11 is 0. The van der Waals surface area contributed by atoms with Crippen molar-refractivity contribution in [2.75, 3.05) is 61.0 Å². The lowest BCUT2D eigenvalue weighted by Gasteiger charge is -2.43. The second kappa shape index (κ2) is 9.64. The van der Waals surface area contributed by atoms with E-state index in [4.69, 9.17) is 4.74 Å². The second-order valence-corrected chi connectivity index (χ2v) is 12.8. The van der Waals surface area contributed by atoms with Crippen molar-refractivity contribution in [1.29, 1.82) is 0 Å². The number of likely N-dealkylation sites (tertiary alicyclic amines) is 2. The minimum absolute atomic E-state index is 0.0398. The van der Waals surface area contributed by atoms with Gasteiger partial charge in [0, 0.05) is 73.5 Å². The van der Waals surface area contributed by atoms with Crippen molar-refractivity contribution in [3.05, 3.63) is 47.8 Å². The van der Waals surface area contributed by atoms with Gasteiger partial charge in [0.1, 0.15) is 30.3 Å². The summed E-state index contributed by atoms with van der Waals surface area (Å²) in [5, 5.41) is 3.62. The molecule has 0 spiro atoms. The van der Waals surface area contributed by atoms with Gasteiger partial charge in [-0.1, -0.05) is 12.6 Å². The first-order valence-corrected chi connectivity index (χ1v) is 15.2. The number of hydrogen-bond acceptors (Lipinski definition) is 8. The minimum Gasteiger partial charge on any atom is -0.486 e. The molecule has 38 heavy (non-hydrogen) atoms. The summed E-state index contributed by atoms with van der Waals surface area (Å²) in [6.07, 6.45) is 6.48. The highest BCUT2D eigenvalue weighted by atomic mass is 32.2.